The number of hydrogen-bond acceptors (Lipinski definition) is 4. The van der Waals surface area contributed by atoms with Gasteiger partial charge in [0.25, 0.3) is 0 Å². The molecule has 62 valence electrons. The van der Waals surface area contributed by atoms with Crippen LogP contribution >= 0.6 is 0 Å². The molecule has 1 aromatic heterocycles. The number of rotatable bonds is 1. The highest BCUT2D eigenvalue weighted by Gasteiger charge is 2.13. The molecule has 1 aliphatic heterocycles. The Hall–Kier alpha value is -1.71. The van der Waals surface area contributed by atoms with Crippen LogP contribution in [0.3, 0.4) is 0 Å². The molecule has 0 radical (unpaired) electrons. The van der Waals surface area contributed by atoms with Gasteiger partial charge in [0, 0.05) is 24.2 Å². The van der Waals surface area contributed by atoms with Gasteiger partial charge in [0.15, 0.2) is 0 Å². The van der Waals surface area contributed by atoms with Gasteiger partial charge >= 0.3 is 0 Å². The van der Waals surface area contributed by atoms with Crippen molar-refractivity contribution in [3.63, 3.8) is 0 Å². The maximum atomic E-state index is 5.68. The number of aromatic nitrogens is 1. The summed E-state index contributed by atoms with van der Waals surface area (Å²) in [5.74, 6) is 0.561. The summed E-state index contributed by atoms with van der Waals surface area (Å²) in [5.41, 5.74) is 6.66. The predicted octanol–water partition coefficient (Wildman–Crippen LogP) is 0.326. The Kier molecular flexibility index (Phi) is 1.59. The van der Waals surface area contributed by atoms with Crippen molar-refractivity contribution in [3.8, 4) is 0 Å². The summed E-state index contributed by atoms with van der Waals surface area (Å²) in [6.45, 7) is 0. The molecule has 0 saturated carbocycles. The van der Waals surface area contributed by atoms with Crippen molar-refractivity contribution in [2.75, 3.05) is 5.73 Å². The molecule has 2 rings (SSSR count). The lowest BCUT2D eigenvalue weighted by Crippen LogP contribution is -2.22. The third kappa shape index (κ3) is 1.07. The summed E-state index contributed by atoms with van der Waals surface area (Å²) in [4.78, 5) is 3.99. The molecule has 0 saturated heterocycles. The van der Waals surface area contributed by atoms with Gasteiger partial charge in [-0.1, -0.05) is 0 Å². The molecule has 4 N–H and O–H groups in total. The van der Waals surface area contributed by atoms with Gasteiger partial charge in [-0.05, 0) is 12.1 Å². The van der Waals surface area contributed by atoms with Crippen LogP contribution in [0.15, 0.2) is 30.7 Å². The Labute approximate surface area is 70.5 Å². The lowest BCUT2D eigenvalue weighted by atomic mass is 10.2. The van der Waals surface area contributed by atoms with Crippen LogP contribution in [0, 0.1) is 0 Å². The lowest BCUT2D eigenvalue weighted by molar-refractivity contribution is 0.608. The van der Waals surface area contributed by atoms with Crippen molar-refractivity contribution in [1.29, 1.82) is 0 Å². The largest absolute Gasteiger partial charge is 0.383 e. The van der Waals surface area contributed by atoms with Gasteiger partial charge in [0.2, 0.25) is 0 Å². The van der Waals surface area contributed by atoms with E-state index < -0.39 is 0 Å². The minimum absolute atomic E-state index is 0.0682. The lowest BCUT2D eigenvalue weighted by Gasteiger charge is -2.13. The molecule has 4 nitrogen and oxygen atoms in total. The van der Waals surface area contributed by atoms with Crippen molar-refractivity contribution >= 4 is 5.82 Å². The number of pyridine rings is 1. The predicted molar refractivity (Wildman–Crippen MR) is 46.8 cm³/mol. The van der Waals surface area contributed by atoms with E-state index in [-0.39, 0.29) is 6.17 Å². The standard InChI is InChI=1S/C8H10N4/c9-7-6(2-1-3-10-7)8-11-4-5-12-8/h1-5,8,11-12H,(H2,9,10). The smallest absolute Gasteiger partial charge is 0.130 e. The number of nitrogen functional groups attached to an aromatic ring is 1. The van der Waals surface area contributed by atoms with Crippen molar-refractivity contribution in [3.05, 3.63) is 36.3 Å². The first-order valence-corrected chi connectivity index (χ1v) is 3.75. The number of nitrogens with zero attached hydrogens (tertiary/aromatic N) is 1. The number of hydrogen-bond donors (Lipinski definition) is 3. The summed E-state index contributed by atoms with van der Waals surface area (Å²) < 4.78 is 0. The molecule has 1 aromatic rings. The van der Waals surface area contributed by atoms with E-state index in [1.54, 1.807) is 6.20 Å². The molecule has 4 heteroatoms. The molecule has 0 fully saturated rings. The summed E-state index contributed by atoms with van der Waals surface area (Å²) in [6, 6.07) is 3.81. The second kappa shape index (κ2) is 2.73. The molecule has 0 amide bonds. The van der Waals surface area contributed by atoms with Crippen LogP contribution in [0.25, 0.3) is 0 Å². The van der Waals surface area contributed by atoms with E-state index in [1.807, 2.05) is 24.5 Å². The van der Waals surface area contributed by atoms with Crippen LogP contribution in [0.2, 0.25) is 0 Å². The molecule has 1 aliphatic rings. The average molecular weight is 162 g/mol. The van der Waals surface area contributed by atoms with E-state index in [4.69, 9.17) is 5.73 Å². The number of nitrogens with two attached hydrogens (primary N) is 1. The molecule has 0 aromatic carbocycles. The average Bonchev–Trinajstić information content (AvgIpc) is 2.57. The fourth-order valence-corrected chi connectivity index (χ4v) is 1.19. The van der Waals surface area contributed by atoms with E-state index >= 15 is 0 Å². The Morgan fingerprint density at radius 1 is 1.33 bits per heavy atom. The Morgan fingerprint density at radius 2 is 2.08 bits per heavy atom. The molecule has 0 spiro atoms. The maximum Gasteiger partial charge on any atom is 0.130 e. The zero-order chi connectivity index (χ0) is 8.39. The first-order valence-electron chi connectivity index (χ1n) is 3.75. The van der Waals surface area contributed by atoms with E-state index in [1.165, 1.54) is 0 Å². The minimum atomic E-state index is 0.0682. The first-order chi connectivity index (χ1) is 5.88. The van der Waals surface area contributed by atoms with Crippen molar-refractivity contribution < 1.29 is 0 Å². The normalized spacial score (nSPS) is 15.7. The highest BCUT2D eigenvalue weighted by atomic mass is 15.2. The van der Waals surface area contributed by atoms with Crippen LogP contribution in [0.4, 0.5) is 5.82 Å². The molecule has 12 heavy (non-hydrogen) atoms. The Balaban J connectivity index is 2.27. The van der Waals surface area contributed by atoms with E-state index in [9.17, 15) is 0 Å². The summed E-state index contributed by atoms with van der Waals surface area (Å²) in [5, 5.41) is 6.20. The first kappa shape index (κ1) is 6.97. The van der Waals surface area contributed by atoms with Crippen LogP contribution in [-0.2, 0) is 0 Å². The fraction of sp³-hybridized carbons (Fsp3) is 0.125. The second-order valence-corrected chi connectivity index (χ2v) is 2.58. The van der Waals surface area contributed by atoms with Gasteiger partial charge < -0.3 is 16.4 Å². The molecular formula is C8H10N4. The van der Waals surface area contributed by atoms with Gasteiger partial charge in [-0.15, -0.1) is 0 Å². The van der Waals surface area contributed by atoms with Gasteiger partial charge in [-0.3, -0.25) is 0 Å². The van der Waals surface area contributed by atoms with Gasteiger partial charge in [0.05, 0.1) is 0 Å². The zero-order valence-electron chi connectivity index (χ0n) is 6.49. The van der Waals surface area contributed by atoms with Crippen LogP contribution in [0.5, 0.6) is 0 Å². The van der Waals surface area contributed by atoms with Gasteiger partial charge in [-0.25, -0.2) is 4.98 Å². The van der Waals surface area contributed by atoms with Crippen LogP contribution < -0.4 is 16.4 Å². The fourth-order valence-electron chi connectivity index (χ4n) is 1.19. The van der Waals surface area contributed by atoms with Crippen molar-refractivity contribution in [2.24, 2.45) is 0 Å². The molecule has 0 bridgehead atoms. The quantitative estimate of drug-likeness (QED) is 0.556. The maximum absolute atomic E-state index is 5.68. The third-order valence-electron chi connectivity index (χ3n) is 1.79. The topological polar surface area (TPSA) is 63.0 Å². The highest BCUT2D eigenvalue weighted by Crippen LogP contribution is 2.16. The zero-order valence-corrected chi connectivity index (χ0v) is 6.49. The van der Waals surface area contributed by atoms with E-state index in [0.717, 1.165) is 5.56 Å². The monoisotopic (exact) mass is 162 g/mol. The Bertz CT molecular complexity index is 300. The summed E-state index contributed by atoms with van der Waals surface area (Å²) in [6.07, 6.45) is 5.44. The van der Waals surface area contributed by atoms with Gasteiger partial charge in [0.1, 0.15) is 12.0 Å². The molecule has 2 heterocycles. The van der Waals surface area contributed by atoms with Gasteiger partial charge in [-0.2, -0.15) is 0 Å². The molecule has 0 aliphatic carbocycles. The summed E-state index contributed by atoms with van der Waals surface area (Å²) >= 11 is 0. The van der Waals surface area contributed by atoms with E-state index in [2.05, 4.69) is 15.6 Å². The Morgan fingerprint density at radius 3 is 2.75 bits per heavy atom. The van der Waals surface area contributed by atoms with Crippen LogP contribution in [-0.4, -0.2) is 4.98 Å². The molecule has 0 unspecified atom stereocenters. The van der Waals surface area contributed by atoms with Crippen molar-refractivity contribution in [2.45, 2.75) is 6.17 Å². The van der Waals surface area contributed by atoms with Crippen LogP contribution in [0.1, 0.15) is 11.7 Å². The summed E-state index contributed by atoms with van der Waals surface area (Å²) in [7, 11) is 0. The third-order valence-corrected chi connectivity index (χ3v) is 1.79. The SMILES string of the molecule is Nc1ncccc1C1NC=CN1. The van der Waals surface area contributed by atoms with E-state index in [0.29, 0.717) is 5.82 Å². The second-order valence-electron chi connectivity index (χ2n) is 2.58. The highest BCUT2D eigenvalue weighted by molar-refractivity contribution is 5.41. The number of nitrogens with one attached hydrogen (secondary N) is 2. The molecular weight excluding hydrogens is 152 g/mol. The number of anilines is 1. The van der Waals surface area contributed by atoms with Crippen molar-refractivity contribution in [1.82, 2.24) is 15.6 Å². The minimum Gasteiger partial charge on any atom is -0.383 e. The molecule has 0 atom stereocenters.